The van der Waals surface area contributed by atoms with Gasteiger partial charge >= 0.3 is 0 Å². The second-order valence-corrected chi connectivity index (χ2v) is 4.76. The van der Waals surface area contributed by atoms with E-state index in [1.807, 2.05) is 18.2 Å². The number of benzene rings is 1. The summed E-state index contributed by atoms with van der Waals surface area (Å²) in [7, 11) is 0. The van der Waals surface area contributed by atoms with Crippen molar-refractivity contribution in [2.24, 2.45) is 5.73 Å². The summed E-state index contributed by atoms with van der Waals surface area (Å²) in [5.74, 6) is -0.443. The van der Waals surface area contributed by atoms with Gasteiger partial charge in [0.15, 0.2) is 0 Å². The van der Waals surface area contributed by atoms with E-state index in [4.69, 9.17) is 5.73 Å². The summed E-state index contributed by atoms with van der Waals surface area (Å²) in [6, 6.07) is 8.31. The van der Waals surface area contributed by atoms with Crippen LogP contribution < -0.4 is 5.73 Å². The number of amides is 1. The average Bonchev–Trinajstić information content (AvgIpc) is 2.46. The number of carbonyl (C=O) groups excluding carboxylic acids is 1. The lowest BCUT2D eigenvalue weighted by molar-refractivity contribution is -0.167. The molecular formula is C15H24N2O2. The fourth-order valence-corrected chi connectivity index (χ4v) is 1.94. The van der Waals surface area contributed by atoms with E-state index in [2.05, 4.69) is 6.92 Å². The van der Waals surface area contributed by atoms with Gasteiger partial charge in [-0.1, -0.05) is 62.9 Å². The second kappa shape index (κ2) is 8.67. The molecule has 0 bridgehead atoms. The predicted octanol–water partition coefficient (Wildman–Crippen LogP) is 2.87. The molecule has 4 heteroatoms. The molecule has 19 heavy (non-hydrogen) atoms. The lowest BCUT2D eigenvalue weighted by atomic mass is 10.1. The highest BCUT2D eigenvalue weighted by Gasteiger charge is 2.20. The Bertz CT molecular complexity index is 368. The molecule has 0 spiro atoms. The number of carbonyl (C=O) groups is 1. The maximum absolute atomic E-state index is 11.9. The first kappa shape index (κ1) is 15.7. The van der Waals surface area contributed by atoms with E-state index in [0.29, 0.717) is 6.54 Å². The van der Waals surface area contributed by atoms with Crippen LogP contribution in [-0.4, -0.2) is 22.7 Å². The maximum Gasteiger partial charge on any atom is 0.267 e. The molecule has 0 saturated carbocycles. The summed E-state index contributed by atoms with van der Waals surface area (Å²) in [4.78, 5) is 11.9. The standard InChI is InChI=1S/C15H24N2O2/c1-2-3-4-5-9-12-17(19)15(18)14(16)13-10-7-6-8-11-13/h6-8,10-11,14,19H,2-5,9,12,16H2,1H3. The Balaban J connectivity index is 2.35. The largest absolute Gasteiger partial charge is 0.316 e. The second-order valence-electron chi connectivity index (χ2n) is 4.76. The van der Waals surface area contributed by atoms with Crippen LogP contribution in [0.5, 0.6) is 0 Å². The van der Waals surface area contributed by atoms with Crippen molar-refractivity contribution < 1.29 is 10.0 Å². The molecule has 0 fully saturated rings. The Morgan fingerprint density at radius 1 is 1.21 bits per heavy atom. The van der Waals surface area contributed by atoms with E-state index >= 15 is 0 Å². The molecule has 1 atom stereocenters. The number of rotatable bonds is 8. The van der Waals surface area contributed by atoms with Crippen molar-refractivity contribution in [3.8, 4) is 0 Å². The highest BCUT2D eigenvalue weighted by molar-refractivity contribution is 5.81. The maximum atomic E-state index is 11.9. The molecule has 1 amide bonds. The van der Waals surface area contributed by atoms with Crippen molar-refractivity contribution in [1.29, 1.82) is 0 Å². The van der Waals surface area contributed by atoms with Gasteiger partial charge in [0.2, 0.25) is 0 Å². The summed E-state index contributed by atoms with van der Waals surface area (Å²) in [5.41, 5.74) is 6.56. The average molecular weight is 264 g/mol. The number of hydroxylamine groups is 2. The minimum Gasteiger partial charge on any atom is -0.316 e. The summed E-state index contributed by atoms with van der Waals surface area (Å²) in [6.07, 6.45) is 5.36. The molecule has 0 saturated heterocycles. The van der Waals surface area contributed by atoms with E-state index < -0.39 is 11.9 Å². The van der Waals surface area contributed by atoms with Crippen LogP contribution in [0.4, 0.5) is 0 Å². The van der Waals surface area contributed by atoms with Crippen molar-refractivity contribution in [3.63, 3.8) is 0 Å². The van der Waals surface area contributed by atoms with E-state index in [0.717, 1.165) is 29.9 Å². The summed E-state index contributed by atoms with van der Waals surface area (Å²) in [6.45, 7) is 2.50. The molecule has 106 valence electrons. The van der Waals surface area contributed by atoms with Crippen LogP contribution in [-0.2, 0) is 4.79 Å². The predicted molar refractivity (Wildman–Crippen MR) is 75.6 cm³/mol. The van der Waals surface area contributed by atoms with Gasteiger partial charge in [-0.25, -0.2) is 5.06 Å². The quantitative estimate of drug-likeness (QED) is 0.431. The highest BCUT2D eigenvalue weighted by Crippen LogP contribution is 2.12. The minimum atomic E-state index is -0.790. The normalized spacial score (nSPS) is 12.2. The number of nitrogens with zero attached hydrogens (tertiary/aromatic N) is 1. The molecule has 0 heterocycles. The third kappa shape index (κ3) is 5.41. The molecule has 1 aromatic rings. The number of nitrogens with two attached hydrogens (primary N) is 1. The summed E-state index contributed by atoms with van der Waals surface area (Å²) >= 11 is 0. The molecule has 0 aliphatic carbocycles. The van der Waals surface area contributed by atoms with Crippen LogP contribution in [0.2, 0.25) is 0 Å². The fraction of sp³-hybridized carbons (Fsp3) is 0.533. The Labute approximate surface area is 115 Å². The van der Waals surface area contributed by atoms with Gasteiger partial charge in [0.05, 0.1) is 0 Å². The van der Waals surface area contributed by atoms with Crippen LogP contribution in [0.15, 0.2) is 30.3 Å². The summed E-state index contributed by atoms with van der Waals surface area (Å²) in [5, 5.41) is 10.5. The lowest BCUT2D eigenvalue weighted by Gasteiger charge is -2.19. The zero-order valence-electron chi connectivity index (χ0n) is 11.6. The van der Waals surface area contributed by atoms with Gasteiger partial charge in [-0.15, -0.1) is 0 Å². The van der Waals surface area contributed by atoms with Crippen molar-refractivity contribution >= 4 is 5.91 Å². The molecule has 1 unspecified atom stereocenters. The molecule has 0 radical (unpaired) electrons. The minimum absolute atomic E-state index is 0.350. The van der Waals surface area contributed by atoms with Gasteiger partial charge in [-0.3, -0.25) is 10.0 Å². The van der Waals surface area contributed by atoms with E-state index in [1.165, 1.54) is 12.8 Å². The van der Waals surface area contributed by atoms with Crippen molar-refractivity contribution in [1.82, 2.24) is 5.06 Å². The van der Waals surface area contributed by atoms with Crippen LogP contribution >= 0.6 is 0 Å². The zero-order valence-corrected chi connectivity index (χ0v) is 11.6. The van der Waals surface area contributed by atoms with Gasteiger partial charge in [0.1, 0.15) is 6.04 Å². The molecule has 1 aromatic carbocycles. The van der Waals surface area contributed by atoms with Gasteiger partial charge in [0.25, 0.3) is 5.91 Å². The Morgan fingerprint density at radius 3 is 2.47 bits per heavy atom. The molecule has 0 aromatic heterocycles. The number of hydrogen-bond acceptors (Lipinski definition) is 3. The Morgan fingerprint density at radius 2 is 1.84 bits per heavy atom. The van der Waals surface area contributed by atoms with Gasteiger partial charge < -0.3 is 5.73 Å². The van der Waals surface area contributed by atoms with Crippen LogP contribution in [0, 0.1) is 0 Å². The topological polar surface area (TPSA) is 66.6 Å². The first-order valence-electron chi connectivity index (χ1n) is 6.97. The molecule has 0 aliphatic rings. The zero-order chi connectivity index (χ0) is 14.1. The summed E-state index contributed by atoms with van der Waals surface area (Å²) < 4.78 is 0. The number of unbranched alkanes of at least 4 members (excludes halogenated alkanes) is 4. The smallest absolute Gasteiger partial charge is 0.267 e. The number of hydrogen-bond donors (Lipinski definition) is 2. The van der Waals surface area contributed by atoms with Crippen LogP contribution in [0.1, 0.15) is 50.6 Å². The monoisotopic (exact) mass is 264 g/mol. The first-order valence-corrected chi connectivity index (χ1v) is 6.97. The fourth-order valence-electron chi connectivity index (χ4n) is 1.94. The SMILES string of the molecule is CCCCCCCN(O)C(=O)C(N)c1ccccc1. The van der Waals surface area contributed by atoms with Crippen molar-refractivity contribution in [2.75, 3.05) is 6.54 Å². The van der Waals surface area contributed by atoms with E-state index in [1.54, 1.807) is 12.1 Å². The highest BCUT2D eigenvalue weighted by atomic mass is 16.5. The van der Waals surface area contributed by atoms with Crippen molar-refractivity contribution in [2.45, 2.75) is 45.1 Å². The Kier molecular flexibility index (Phi) is 7.15. The molecular weight excluding hydrogens is 240 g/mol. The van der Waals surface area contributed by atoms with E-state index in [9.17, 15) is 10.0 Å². The van der Waals surface area contributed by atoms with E-state index in [-0.39, 0.29) is 0 Å². The van der Waals surface area contributed by atoms with Gasteiger partial charge in [-0.2, -0.15) is 0 Å². The molecule has 4 nitrogen and oxygen atoms in total. The Hall–Kier alpha value is -1.39. The third-order valence-electron chi connectivity index (χ3n) is 3.15. The van der Waals surface area contributed by atoms with Crippen molar-refractivity contribution in [3.05, 3.63) is 35.9 Å². The molecule has 3 N–H and O–H groups in total. The lowest BCUT2D eigenvalue weighted by Crippen LogP contribution is -2.36. The molecule has 0 aliphatic heterocycles. The van der Waals surface area contributed by atoms with Gasteiger partial charge in [-0.05, 0) is 12.0 Å². The van der Waals surface area contributed by atoms with Crippen LogP contribution in [0.3, 0.4) is 0 Å². The third-order valence-corrected chi connectivity index (χ3v) is 3.15. The molecule has 1 rings (SSSR count). The van der Waals surface area contributed by atoms with Crippen LogP contribution in [0.25, 0.3) is 0 Å². The first-order chi connectivity index (χ1) is 9.16. The van der Waals surface area contributed by atoms with Gasteiger partial charge in [0, 0.05) is 6.54 Å².